The molecule has 0 saturated carbocycles. The van der Waals surface area contributed by atoms with Crippen LogP contribution in [-0.4, -0.2) is 27.9 Å². The minimum absolute atomic E-state index is 0.238. The van der Waals surface area contributed by atoms with Crippen LogP contribution >= 0.6 is 11.6 Å². The summed E-state index contributed by atoms with van der Waals surface area (Å²) in [5.74, 6) is 0.991. The molecule has 1 fully saturated rings. The van der Waals surface area contributed by atoms with Gasteiger partial charge < -0.3 is 4.90 Å². The number of aromatic nitrogens is 2. The monoisotopic (exact) mass is 225 g/mol. The average Bonchev–Trinajstić information content (AvgIpc) is 2.50. The van der Waals surface area contributed by atoms with E-state index in [1.807, 2.05) is 13.8 Å². The van der Waals surface area contributed by atoms with Crippen LogP contribution in [0.2, 0.25) is 0 Å². The highest BCUT2D eigenvalue weighted by Gasteiger charge is 2.29. The number of hydrogen-bond acceptors (Lipinski definition) is 3. The lowest BCUT2D eigenvalue weighted by atomic mass is 10.2. The SMILES string of the molecule is Cc1cnc(C)c(N2CC(Cl)CC2C)n1. The maximum Gasteiger partial charge on any atom is 0.150 e. The van der Waals surface area contributed by atoms with Gasteiger partial charge >= 0.3 is 0 Å². The Balaban J connectivity index is 2.32. The Bertz CT molecular complexity index is 367. The average molecular weight is 226 g/mol. The molecule has 2 unspecified atom stereocenters. The van der Waals surface area contributed by atoms with Crippen molar-refractivity contribution >= 4 is 17.4 Å². The Labute approximate surface area is 95.5 Å². The zero-order valence-electron chi connectivity index (χ0n) is 9.37. The predicted octanol–water partition coefficient (Wildman–Crippen LogP) is 2.30. The zero-order chi connectivity index (χ0) is 11.0. The largest absolute Gasteiger partial charge is 0.351 e. The first kappa shape index (κ1) is 10.7. The Kier molecular flexibility index (Phi) is 2.83. The van der Waals surface area contributed by atoms with Gasteiger partial charge in [0.2, 0.25) is 0 Å². The van der Waals surface area contributed by atoms with Crippen molar-refractivity contribution in [3.05, 3.63) is 17.6 Å². The minimum Gasteiger partial charge on any atom is -0.351 e. The minimum atomic E-state index is 0.238. The fraction of sp³-hybridized carbons (Fsp3) is 0.636. The number of rotatable bonds is 1. The van der Waals surface area contributed by atoms with E-state index in [9.17, 15) is 0 Å². The molecule has 0 bridgehead atoms. The molecular formula is C11H16ClN3. The van der Waals surface area contributed by atoms with E-state index < -0.39 is 0 Å². The number of alkyl halides is 1. The summed E-state index contributed by atoms with van der Waals surface area (Å²) in [6.45, 7) is 7.03. The van der Waals surface area contributed by atoms with Gasteiger partial charge in [-0.2, -0.15) is 0 Å². The molecular weight excluding hydrogens is 210 g/mol. The number of halogens is 1. The molecule has 1 aromatic heterocycles. The Hall–Kier alpha value is -0.830. The normalized spacial score (nSPS) is 26.0. The third kappa shape index (κ3) is 2.07. The summed E-state index contributed by atoms with van der Waals surface area (Å²) >= 11 is 6.15. The van der Waals surface area contributed by atoms with Gasteiger partial charge in [0, 0.05) is 18.8 Å². The van der Waals surface area contributed by atoms with E-state index in [2.05, 4.69) is 21.8 Å². The number of anilines is 1. The molecule has 0 radical (unpaired) electrons. The van der Waals surface area contributed by atoms with Crippen LogP contribution in [0.25, 0.3) is 0 Å². The van der Waals surface area contributed by atoms with E-state index in [1.54, 1.807) is 6.20 Å². The first-order chi connectivity index (χ1) is 7.08. The highest BCUT2D eigenvalue weighted by Crippen LogP contribution is 2.28. The topological polar surface area (TPSA) is 29.0 Å². The van der Waals surface area contributed by atoms with E-state index in [-0.39, 0.29) is 5.38 Å². The molecule has 0 amide bonds. The molecule has 0 N–H and O–H groups in total. The summed E-state index contributed by atoms with van der Waals surface area (Å²) in [6.07, 6.45) is 2.83. The van der Waals surface area contributed by atoms with Crippen LogP contribution in [0.1, 0.15) is 24.7 Å². The number of aryl methyl sites for hydroxylation is 2. The van der Waals surface area contributed by atoms with Crippen LogP contribution in [0.5, 0.6) is 0 Å². The van der Waals surface area contributed by atoms with Crippen molar-refractivity contribution in [2.24, 2.45) is 0 Å². The standard InChI is InChI=1S/C11H16ClN3/c1-7-5-13-9(3)11(14-7)15-6-10(12)4-8(15)2/h5,8,10H,4,6H2,1-3H3. The second-order valence-corrected chi connectivity index (χ2v) is 4.87. The molecule has 4 heteroatoms. The summed E-state index contributed by atoms with van der Waals surface area (Å²) in [5, 5.41) is 0.238. The van der Waals surface area contributed by atoms with Crippen molar-refractivity contribution in [2.45, 2.75) is 38.6 Å². The maximum absolute atomic E-state index is 6.15. The Morgan fingerprint density at radius 1 is 1.47 bits per heavy atom. The Morgan fingerprint density at radius 2 is 2.20 bits per heavy atom. The van der Waals surface area contributed by atoms with E-state index in [0.29, 0.717) is 6.04 Å². The van der Waals surface area contributed by atoms with Gasteiger partial charge in [0.05, 0.1) is 16.8 Å². The fourth-order valence-electron chi connectivity index (χ4n) is 2.06. The van der Waals surface area contributed by atoms with E-state index in [0.717, 1.165) is 30.2 Å². The first-order valence-corrected chi connectivity index (χ1v) is 5.72. The molecule has 1 aliphatic heterocycles. The summed E-state index contributed by atoms with van der Waals surface area (Å²) in [4.78, 5) is 11.1. The Morgan fingerprint density at radius 3 is 2.80 bits per heavy atom. The molecule has 2 atom stereocenters. The maximum atomic E-state index is 6.15. The van der Waals surface area contributed by atoms with Gasteiger partial charge in [-0.15, -0.1) is 11.6 Å². The third-order valence-corrected chi connectivity index (χ3v) is 3.16. The van der Waals surface area contributed by atoms with Crippen LogP contribution in [0.3, 0.4) is 0 Å². The molecule has 0 aliphatic carbocycles. The van der Waals surface area contributed by atoms with Crippen molar-refractivity contribution in [3.63, 3.8) is 0 Å². The molecule has 2 rings (SSSR count). The van der Waals surface area contributed by atoms with Crippen LogP contribution in [0, 0.1) is 13.8 Å². The first-order valence-electron chi connectivity index (χ1n) is 5.29. The second-order valence-electron chi connectivity index (χ2n) is 4.25. The molecule has 0 aromatic carbocycles. The van der Waals surface area contributed by atoms with E-state index in [4.69, 9.17) is 11.6 Å². The van der Waals surface area contributed by atoms with Crippen LogP contribution in [0.15, 0.2) is 6.20 Å². The number of nitrogens with zero attached hydrogens (tertiary/aromatic N) is 3. The van der Waals surface area contributed by atoms with Crippen molar-refractivity contribution < 1.29 is 0 Å². The van der Waals surface area contributed by atoms with Crippen molar-refractivity contribution in [2.75, 3.05) is 11.4 Å². The highest BCUT2D eigenvalue weighted by atomic mass is 35.5. The van der Waals surface area contributed by atoms with Gasteiger partial charge in [0.1, 0.15) is 0 Å². The molecule has 3 nitrogen and oxygen atoms in total. The van der Waals surface area contributed by atoms with Crippen LogP contribution in [-0.2, 0) is 0 Å². The van der Waals surface area contributed by atoms with Gasteiger partial charge in [-0.1, -0.05) is 0 Å². The molecule has 1 saturated heterocycles. The van der Waals surface area contributed by atoms with Crippen LogP contribution < -0.4 is 4.90 Å². The van der Waals surface area contributed by atoms with Crippen molar-refractivity contribution in [1.29, 1.82) is 0 Å². The van der Waals surface area contributed by atoms with Crippen molar-refractivity contribution in [3.8, 4) is 0 Å². The molecule has 1 aromatic rings. The number of hydrogen-bond donors (Lipinski definition) is 0. The van der Waals surface area contributed by atoms with E-state index in [1.165, 1.54) is 0 Å². The van der Waals surface area contributed by atoms with Gasteiger partial charge in [0.15, 0.2) is 5.82 Å². The lowest BCUT2D eigenvalue weighted by Gasteiger charge is -2.23. The summed E-state index contributed by atoms with van der Waals surface area (Å²) in [5.41, 5.74) is 1.94. The van der Waals surface area contributed by atoms with Crippen LogP contribution in [0.4, 0.5) is 5.82 Å². The molecule has 1 aliphatic rings. The smallest absolute Gasteiger partial charge is 0.150 e. The lowest BCUT2D eigenvalue weighted by Crippen LogP contribution is -2.29. The molecule has 82 valence electrons. The highest BCUT2D eigenvalue weighted by molar-refractivity contribution is 6.21. The quantitative estimate of drug-likeness (QED) is 0.687. The zero-order valence-corrected chi connectivity index (χ0v) is 10.1. The molecule has 0 spiro atoms. The van der Waals surface area contributed by atoms with Gasteiger partial charge in [-0.05, 0) is 27.2 Å². The van der Waals surface area contributed by atoms with E-state index >= 15 is 0 Å². The van der Waals surface area contributed by atoms with Gasteiger partial charge in [-0.3, -0.25) is 4.98 Å². The lowest BCUT2D eigenvalue weighted by molar-refractivity contribution is 0.721. The van der Waals surface area contributed by atoms with Gasteiger partial charge in [0.25, 0.3) is 0 Å². The predicted molar refractivity (Wildman–Crippen MR) is 62.6 cm³/mol. The summed E-state index contributed by atoms with van der Waals surface area (Å²) in [7, 11) is 0. The molecule has 15 heavy (non-hydrogen) atoms. The summed E-state index contributed by atoms with van der Waals surface area (Å²) in [6, 6.07) is 0.460. The second kappa shape index (κ2) is 3.97. The molecule has 2 heterocycles. The van der Waals surface area contributed by atoms with Crippen molar-refractivity contribution in [1.82, 2.24) is 9.97 Å². The summed E-state index contributed by atoms with van der Waals surface area (Å²) < 4.78 is 0. The fourth-order valence-corrected chi connectivity index (χ4v) is 2.46. The third-order valence-electron chi connectivity index (χ3n) is 2.85. The van der Waals surface area contributed by atoms with Gasteiger partial charge in [-0.25, -0.2) is 4.98 Å².